The third-order valence-electron chi connectivity index (χ3n) is 4.58. The largest absolute Gasteiger partial charge is 0.492 e. The molecule has 4 nitrogen and oxygen atoms in total. The number of hydrogen-bond donors (Lipinski definition) is 0. The summed E-state index contributed by atoms with van der Waals surface area (Å²) < 4.78 is 11.4. The first kappa shape index (κ1) is 15.2. The molecule has 0 unspecified atom stereocenters. The van der Waals surface area contributed by atoms with Crippen molar-refractivity contribution in [3.63, 3.8) is 0 Å². The van der Waals surface area contributed by atoms with Gasteiger partial charge in [0.15, 0.2) is 0 Å². The Morgan fingerprint density at radius 1 is 1.27 bits per heavy atom. The van der Waals surface area contributed by atoms with Crippen molar-refractivity contribution in [2.45, 2.75) is 51.6 Å². The summed E-state index contributed by atoms with van der Waals surface area (Å²) in [6.07, 6.45) is 1.66. The summed E-state index contributed by atoms with van der Waals surface area (Å²) in [6.45, 7) is 9.98. The van der Waals surface area contributed by atoms with Crippen molar-refractivity contribution in [1.82, 2.24) is 4.90 Å². The second kappa shape index (κ2) is 5.18. The molecule has 1 fully saturated rings. The molecular weight excluding hydrogens is 278 g/mol. The molecule has 4 heteroatoms. The van der Waals surface area contributed by atoms with Crippen molar-refractivity contribution in [3.8, 4) is 5.75 Å². The average molecular weight is 303 g/mol. The van der Waals surface area contributed by atoms with Gasteiger partial charge in [-0.3, -0.25) is 0 Å². The zero-order valence-corrected chi connectivity index (χ0v) is 13.9. The highest BCUT2D eigenvalue weighted by molar-refractivity contribution is 5.68. The number of likely N-dealkylation sites (tertiary alicyclic amines) is 1. The molecule has 2 aliphatic rings. The topological polar surface area (TPSA) is 38.8 Å². The Morgan fingerprint density at radius 2 is 1.95 bits per heavy atom. The highest BCUT2D eigenvalue weighted by atomic mass is 16.6. The smallest absolute Gasteiger partial charge is 0.410 e. The number of fused-ring (bicyclic) bond motifs is 2. The molecule has 1 spiro atoms. The van der Waals surface area contributed by atoms with E-state index in [0.717, 1.165) is 38.3 Å². The van der Waals surface area contributed by atoms with E-state index in [2.05, 4.69) is 25.1 Å². The molecule has 2 aliphatic heterocycles. The van der Waals surface area contributed by atoms with Crippen LogP contribution in [0.4, 0.5) is 4.79 Å². The molecule has 1 amide bonds. The molecule has 120 valence electrons. The molecule has 0 saturated carbocycles. The lowest BCUT2D eigenvalue weighted by Gasteiger charge is -2.38. The van der Waals surface area contributed by atoms with E-state index in [9.17, 15) is 4.79 Å². The predicted molar refractivity (Wildman–Crippen MR) is 85.4 cm³/mol. The van der Waals surface area contributed by atoms with Gasteiger partial charge >= 0.3 is 6.09 Å². The van der Waals surface area contributed by atoms with E-state index >= 15 is 0 Å². The van der Waals surface area contributed by atoms with Gasteiger partial charge in [-0.15, -0.1) is 0 Å². The van der Waals surface area contributed by atoms with Crippen molar-refractivity contribution >= 4 is 6.09 Å². The normalized spacial score (nSPS) is 19.7. The molecule has 3 rings (SSSR count). The van der Waals surface area contributed by atoms with E-state index in [-0.39, 0.29) is 11.5 Å². The Bertz CT molecular complexity index is 580. The molecule has 0 bridgehead atoms. The summed E-state index contributed by atoms with van der Waals surface area (Å²) in [7, 11) is 0. The zero-order chi connectivity index (χ0) is 16.0. The highest BCUT2D eigenvalue weighted by Gasteiger charge is 2.44. The predicted octanol–water partition coefficient (Wildman–Crippen LogP) is 3.66. The molecule has 0 N–H and O–H groups in total. The van der Waals surface area contributed by atoms with Crippen molar-refractivity contribution < 1.29 is 14.3 Å². The van der Waals surface area contributed by atoms with Crippen molar-refractivity contribution in [3.05, 3.63) is 29.3 Å². The van der Waals surface area contributed by atoms with Crippen LogP contribution < -0.4 is 4.74 Å². The van der Waals surface area contributed by atoms with E-state index in [1.807, 2.05) is 25.7 Å². The van der Waals surface area contributed by atoms with Crippen LogP contribution in [0.15, 0.2) is 18.2 Å². The number of ether oxygens (including phenoxy) is 2. The molecule has 0 aliphatic carbocycles. The van der Waals surface area contributed by atoms with Crippen LogP contribution in [0.5, 0.6) is 5.75 Å². The van der Waals surface area contributed by atoms with Crippen LogP contribution >= 0.6 is 0 Å². The Balaban J connectivity index is 1.69. The maximum absolute atomic E-state index is 12.2. The highest BCUT2D eigenvalue weighted by Crippen LogP contribution is 2.45. The van der Waals surface area contributed by atoms with E-state index < -0.39 is 5.60 Å². The first-order valence-electron chi connectivity index (χ1n) is 8.01. The number of hydrogen-bond acceptors (Lipinski definition) is 3. The molecule has 1 aromatic rings. The molecule has 2 heterocycles. The maximum Gasteiger partial charge on any atom is 0.410 e. The lowest BCUT2D eigenvalue weighted by Crippen LogP contribution is -2.47. The van der Waals surface area contributed by atoms with Crippen LogP contribution in [-0.2, 0) is 10.2 Å². The van der Waals surface area contributed by atoms with Gasteiger partial charge in [0.2, 0.25) is 0 Å². The average Bonchev–Trinajstić information content (AvgIpc) is 2.76. The van der Waals surface area contributed by atoms with Crippen molar-refractivity contribution in [1.29, 1.82) is 0 Å². The summed E-state index contributed by atoms with van der Waals surface area (Å²) in [5, 5.41) is 0. The summed E-state index contributed by atoms with van der Waals surface area (Å²) in [6, 6.07) is 6.46. The van der Waals surface area contributed by atoms with E-state index in [4.69, 9.17) is 9.47 Å². The molecule has 0 radical (unpaired) electrons. The van der Waals surface area contributed by atoms with Crippen LogP contribution in [-0.4, -0.2) is 36.3 Å². The first-order chi connectivity index (χ1) is 10.3. The molecule has 22 heavy (non-hydrogen) atoms. The lowest BCUT2D eigenvalue weighted by molar-refractivity contribution is 0.0152. The number of carbonyl (C=O) groups excluding carboxylic acids is 1. The third-order valence-corrected chi connectivity index (χ3v) is 4.58. The van der Waals surface area contributed by atoms with Gasteiger partial charge < -0.3 is 14.4 Å². The SMILES string of the molecule is Cc1ccc2c(c1)OCC21CCN(C(=O)OC(C)(C)C)CC1. The number of nitrogens with zero attached hydrogens (tertiary/aromatic N) is 1. The Morgan fingerprint density at radius 3 is 2.59 bits per heavy atom. The van der Waals surface area contributed by atoms with Crippen molar-refractivity contribution in [2.24, 2.45) is 0 Å². The standard InChI is InChI=1S/C18H25NO3/c1-13-5-6-14-15(11-13)21-12-18(14)7-9-19(10-8-18)16(20)22-17(2,3)4/h5-6,11H,7-10,12H2,1-4H3. The zero-order valence-electron chi connectivity index (χ0n) is 13.9. The van der Waals surface area contributed by atoms with Gasteiger partial charge in [0.1, 0.15) is 11.4 Å². The molecule has 0 aromatic heterocycles. The maximum atomic E-state index is 12.2. The van der Waals surface area contributed by atoms with E-state index in [1.165, 1.54) is 11.1 Å². The number of piperidine rings is 1. The fourth-order valence-corrected chi connectivity index (χ4v) is 3.34. The molecular formula is C18H25NO3. The number of aryl methyl sites for hydroxylation is 1. The fourth-order valence-electron chi connectivity index (χ4n) is 3.34. The van der Waals surface area contributed by atoms with Gasteiger partial charge in [0.25, 0.3) is 0 Å². The molecule has 1 aromatic carbocycles. The Hall–Kier alpha value is -1.71. The summed E-state index contributed by atoms with van der Waals surface area (Å²) in [5.74, 6) is 1.02. The van der Waals surface area contributed by atoms with Crippen LogP contribution in [0, 0.1) is 6.92 Å². The summed E-state index contributed by atoms with van der Waals surface area (Å²) in [5.41, 5.74) is 2.16. The summed E-state index contributed by atoms with van der Waals surface area (Å²) in [4.78, 5) is 14.0. The lowest BCUT2D eigenvalue weighted by atomic mass is 9.74. The molecule has 0 atom stereocenters. The van der Waals surface area contributed by atoms with E-state index in [1.54, 1.807) is 0 Å². The quantitative estimate of drug-likeness (QED) is 0.734. The monoisotopic (exact) mass is 303 g/mol. The Kier molecular flexibility index (Phi) is 3.58. The van der Waals surface area contributed by atoms with E-state index in [0.29, 0.717) is 0 Å². The van der Waals surface area contributed by atoms with Gasteiger partial charge in [0, 0.05) is 24.1 Å². The molecule has 1 saturated heterocycles. The number of rotatable bonds is 0. The second-order valence-electron chi connectivity index (χ2n) is 7.54. The van der Waals surface area contributed by atoms with Gasteiger partial charge in [-0.25, -0.2) is 4.79 Å². The third kappa shape index (κ3) is 2.79. The van der Waals surface area contributed by atoms with Crippen LogP contribution in [0.3, 0.4) is 0 Å². The van der Waals surface area contributed by atoms with Gasteiger partial charge in [-0.2, -0.15) is 0 Å². The minimum atomic E-state index is -0.438. The van der Waals surface area contributed by atoms with Gasteiger partial charge in [0.05, 0.1) is 6.61 Å². The second-order valence-corrected chi connectivity index (χ2v) is 7.54. The number of carbonyl (C=O) groups is 1. The van der Waals surface area contributed by atoms with Crippen LogP contribution in [0.1, 0.15) is 44.7 Å². The van der Waals surface area contributed by atoms with Crippen LogP contribution in [0.2, 0.25) is 0 Å². The van der Waals surface area contributed by atoms with Crippen molar-refractivity contribution in [2.75, 3.05) is 19.7 Å². The minimum absolute atomic E-state index is 0.0710. The number of amides is 1. The fraction of sp³-hybridized carbons (Fsp3) is 0.611. The van der Waals surface area contributed by atoms with Gasteiger partial charge in [-0.1, -0.05) is 12.1 Å². The van der Waals surface area contributed by atoms with Gasteiger partial charge in [-0.05, 0) is 52.2 Å². The Labute approximate surface area is 132 Å². The summed E-state index contributed by atoms with van der Waals surface area (Å²) >= 11 is 0. The number of benzene rings is 1. The first-order valence-corrected chi connectivity index (χ1v) is 8.01. The minimum Gasteiger partial charge on any atom is -0.492 e. The van der Waals surface area contributed by atoms with Crippen LogP contribution in [0.25, 0.3) is 0 Å².